The molecule has 1 saturated heterocycles. The molecule has 1 nitrogen and oxygen atoms in total. The first-order valence-corrected chi connectivity index (χ1v) is 9.30. The molecule has 1 aliphatic heterocycles. The third-order valence-electron chi connectivity index (χ3n) is 3.49. The Morgan fingerprint density at radius 1 is 1.24 bits per heavy atom. The minimum absolute atomic E-state index is 0.324. The Kier molecular flexibility index (Phi) is 6.32. The Hall–Kier alpha value is -0.330. The van der Waals surface area contributed by atoms with Gasteiger partial charge in [0.2, 0.25) is 0 Å². The summed E-state index contributed by atoms with van der Waals surface area (Å²) in [5.41, 5.74) is 0.388. The molecule has 1 fully saturated rings. The zero-order valence-electron chi connectivity index (χ0n) is 12.0. The van der Waals surface area contributed by atoms with Gasteiger partial charge in [0.05, 0.1) is 5.56 Å². The number of thioether (sulfide) groups is 2. The molecule has 1 aliphatic rings. The maximum absolute atomic E-state index is 12.6. The van der Waals surface area contributed by atoms with Crippen LogP contribution < -0.4 is 5.32 Å². The Morgan fingerprint density at radius 2 is 1.95 bits per heavy atom. The van der Waals surface area contributed by atoms with E-state index in [1.165, 1.54) is 17.9 Å². The van der Waals surface area contributed by atoms with Gasteiger partial charge in [-0.15, -0.1) is 0 Å². The van der Waals surface area contributed by atoms with E-state index in [2.05, 4.69) is 12.2 Å². The Bertz CT molecular complexity index is 428. The fourth-order valence-corrected chi connectivity index (χ4v) is 5.31. The summed E-state index contributed by atoms with van der Waals surface area (Å²) >= 11 is 3.94. The van der Waals surface area contributed by atoms with Gasteiger partial charge in [0.25, 0.3) is 0 Å². The maximum Gasteiger partial charge on any atom is 0.416 e. The van der Waals surface area contributed by atoms with E-state index in [1.807, 2.05) is 23.5 Å². The number of likely N-dealkylation sites (N-methyl/N-ethyl adjacent to an activating group) is 1. The molecule has 2 rings (SSSR count). The Balaban J connectivity index is 2.02. The first-order valence-electron chi connectivity index (χ1n) is 7.09. The summed E-state index contributed by atoms with van der Waals surface area (Å²) in [6.45, 7) is 2.95. The summed E-state index contributed by atoms with van der Waals surface area (Å²) in [5.74, 6) is 3.47. The van der Waals surface area contributed by atoms with Gasteiger partial charge in [-0.05, 0) is 30.7 Å². The van der Waals surface area contributed by atoms with Crippen LogP contribution in [0.25, 0.3) is 0 Å². The minimum atomic E-state index is -4.25. The van der Waals surface area contributed by atoms with E-state index in [0.717, 1.165) is 30.0 Å². The number of rotatable bonds is 5. The van der Waals surface area contributed by atoms with Crippen LogP contribution in [-0.2, 0) is 12.6 Å². The van der Waals surface area contributed by atoms with Gasteiger partial charge in [-0.25, -0.2) is 0 Å². The molecule has 1 aromatic rings. The highest BCUT2D eigenvalue weighted by atomic mass is 32.2. The second kappa shape index (κ2) is 7.79. The van der Waals surface area contributed by atoms with Gasteiger partial charge >= 0.3 is 6.18 Å². The van der Waals surface area contributed by atoms with E-state index in [-0.39, 0.29) is 0 Å². The van der Waals surface area contributed by atoms with Crippen LogP contribution in [0.5, 0.6) is 0 Å². The van der Waals surface area contributed by atoms with Gasteiger partial charge in [-0.3, -0.25) is 0 Å². The standard InChI is InChI=1S/C15H20F3NS2/c1-2-19-13(14-10-20-7-8-21-14)9-11-3-5-12(6-4-11)15(16,17)18/h3-6,13-14,19H,2,7-10H2,1H3. The van der Waals surface area contributed by atoms with Crippen LogP contribution in [0.15, 0.2) is 24.3 Å². The number of benzene rings is 1. The summed E-state index contributed by atoms with van der Waals surface area (Å²) in [5, 5.41) is 4.02. The molecule has 0 aromatic heterocycles. The molecular formula is C15H20F3NS2. The van der Waals surface area contributed by atoms with Gasteiger partial charge in [0, 0.05) is 28.6 Å². The monoisotopic (exact) mass is 335 g/mol. The number of halogens is 3. The summed E-state index contributed by atoms with van der Waals surface area (Å²) in [7, 11) is 0. The SMILES string of the molecule is CCNC(Cc1ccc(C(F)(F)F)cc1)C1CSCCS1. The topological polar surface area (TPSA) is 12.0 Å². The zero-order valence-corrected chi connectivity index (χ0v) is 13.6. The van der Waals surface area contributed by atoms with Crippen molar-refractivity contribution in [1.82, 2.24) is 5.32 Å². The maximum atomic E-state index is 12.6. The van der Waals surface area contributed by atoms with Gasteiger partial charge in [0.1, 0.15) is 0 Å². The fourth-order valence-electron chi connectivity index (χ4n) is 2.42. The van der Waals surface area contributed by atoms with E-state index in [0.29, 0.717) is 11.3 Å². The van der Waals surface area contributed by atoms with Crippen LogP contribution in [0.4, 0.5) is 13.2 Å². The van der Waals surface area contributed by atoms with Crippen LogP contribution in [0.2, 0.25) is 0 Å². The molecule has 0 saturated carbocycles. The lowest BCUT2D eigenvalue weighted by atomic mass is 10.0. The average Bonchev–Trinajstić information content (AvgIpc) is 2.47. The molecule has 21 heavy (non-hydrogen) atoms. The molecule has 1 aromatic carbocycles. The van der Waals surface area contributed by atoms with E-state index in [9.17, 15) is 13.2 Å². The van der Waals surface area contributed by atoms with Crippen molar-refractivity contribution < 1.29 is 13.2 Å². The molecule has 118 valence electrons. The minimum Gasteiger partial charge on any atom is -0.313 e. The lowest BCUT2D eigenvalue weighted by Gasteiger charge is -2.30. The predicted octanol–water partition coefficient (Wildman–Crippen LogP) is 4.07. The summed E-state index contributed by atoms with van der Waals surface area (Å²) in [6, 6.07) is 5.90. The quantitative estimate of drug-likeness (QED) is 0.871. The average molecular weight is 335 g/mol. The number of hydrogen-bond acceptors (Lipinski definition) is 3. The van der Waals surface area contributed by atoms with Crippen LogP contribution in [0.1, 0.15) is 18.1 Å². The van der Waals surface area contributed by atoms with Crippen molar-refractivity contribution in [2.75, 3.05) is 23.8 Å². The largest absolute Gasteiger partial charge is 0.416 e. The summed E-state index contributed by atoms with van der Waals surface area (Å²) in [4.78, 5) is 0. The van der Waals surface area contributed by atoms with Crippen molar-refractivity contribution >= 4 is 23.5 Å². The van der Waals surface area contributed by atoms with Crippen LogP contribution in [0, 0.1) is 0 Å². The fraction of sp³-hybridized carbons (Fsp3) is 0.600. The van der Waals surface area contributed by atoms with Crippen molar-refractivity contribution in [3.8, 4) is 0 Å². The molecule has 0 bridgehead atoms. The number of nitrogens with one attached hydrogen (secondary N) is 1. The van der Waals surface area contributed by atoms with Gasteiger partial charge in [-0.2, -0.15) is 36.7 Å². The van der Waals surface area contributed by atoms with E-state index < -0.39 is 11.7 Å². The second-order valence-electron chi connectivity index (χ2n) is 5.05. The highest BCUT2D eigenvalue weighted by molar-refractivity contribution is 8.06. The lowest BCUT2D eigenvalue weighted by Crippen LogP contribution is -2.42. The van der Waals surface area contributed by atoms with Gasteiger partial charge < -0.3 is 5.32 Å². The third-order valence-corrected chi connectivity index (χ3v) is 6.41. The zero-order chi connectivity index (χ0) is 15.3. The predicted molar refractivity (Wildman–Crippen MR) is 86.2 cm³/mol. The van der Waals surface area contributed by atoms with Crippen LogP contribution in [-0.4, -0.2) is 35.1 Å². The molecule has 0 radical (unpaired) electrons. The van der Waals surface area contributed by atoms with Crippen molar-refractivity contribution in [1.29, 1.82) is 0 Å². The van der Waals surface area contributed by atoms with Crippen molar-refractivity contribution in [3.63, 3.8) is 0 Å². The highest BCUT2D eigenvalue weighted by Crippen LogP contribution is 2.30. The smallest absolute Gasteiger partial charge is 0.313 e. The van der Waals surface area contributed by atoms with Crippen LogP contribution >= 0.6 is 23.5 Å². The normalized spacial score (nSPS) is 21.2. The molecule has 6 heteroatoms. The lowest BCUT2D eigenvalue weighted by molar-refractivity contribution is -0.137. The van der Waals surface area contributed by atoms with E-state index in [4.69, 9.17) is 0 Å². The van der Waals surface area contributed by atoms with Gasteiger partial charge in [-0.1, -0.05) is 19.1 Å². The Labute approximate surface area is 132 Å². The second-order valence-corrected chi connectivity index (χ2v) is 7.54. The Morgan fingerprint density at radius 3 is 2.48 bits per heavy atom. The van der Waals surface area contributed by atoms with E-state index >= 15 is 0 Å². The molecule has 0 amide bonds. The molecule has 2 unspecified atom stereocenters. The third kappa shape index (κ3) is 5.11. The molecule has 1 heterocycles. The van der Waals surface area contributed by atoms with Gasteiger partial charge in [0.15, 0.2) is 0 Å². The number of alkyl halides is 3. The molecular weight excluding hydrogens is 315 g/mol. The van der Waals surface area contributed by atoms with Crippen molar-refractivity contribution in [3.05, 3.63) is 35.4 Å². The molecule has 1 N–H and O–H groups in total. The molecule has 2 atom stereocenters. The van der Waals surface area contributed by atoms with E-state index in [1.54, 1.807) is 12.1 Å². The van der Waals surface area contributed by atoms with Crippen molar-refractivity contribution in [2.24, 2.45) is 0 Å². The highest BCUT2D eigenvalue weighted by Gasteiger charge is 2.30. The van der Waals surface area contributed by atoms with Crippen LogP contribution in [0.3, 0.4) is 0 Å². The molecule has 0 spiro atoms. The molecule has 0 aliphatic carbocycles. The van der Waals surface area contributed by atoms with Crippen molar-refractivity contribution in [2.45, 2.75) is 30.8 Å². The number of hydrogen-bond donors (Lipinski definition) is 1. The summed E-state index contributed by atoms with van der Waals surface area (Å²) < 4.78 is 37.7. The summed E-state index contributed by atoms with van der Waals surface area (Å²) in [6.07, 6.45) is -3.47. The first-order chi connectivity index (χ1) is 10.0. The first kappa shape index (κ1) is 17.0.